The third kappa shape index (κ3) is 5.05. The number of hydrogen-bond donors (Lipinski definition) is 1. The smallest absolute Gasteiger partial charge is 0.253 e. The summed E-state index contributed by atoms with van der Waals surface area (Å²) in [6, 6.07) is 21.9. The number of amides is 1. The number of aromatic nitrogens is 1. The van der Waals surface area contributed by atoms with Crippen molar-refractivity contribution in [2.24, 2.45) is 0 Å². The molecule has 1 saturated heterocycles. The van der Waals surface area contributed by atoms with Crippen molar-refractivity contribution in [3.8, 4) is 21.7 Å². The highest BCUT2D eigenvalue weighted by molar-refractivity contribution is 7.91. The van der Waals surface area contributed by atoms with Gasteiger partial charge in [0, 0.05) is 12.1 Å². The van der Waals surface area contributed by atoms with Gasteiger partial charge in [-0.05, 0) is 30.5 Å². The Labute approximate surface area is 217 Å². The fourth-order valence-corrected chi connectivity index (χ4v) is 8.41. The average molecular weight is 544 g/mol. The van der Waals surface area contributed by atoms with Crippen LogP contribution in [0.5, 0.6) is 0 Å². The van der Waals surface area contributed by atoms with Crippen molar-refractivity contribution >= 4 is 55.3 Å². The SMILES string of the molecule is O=C(Nc1nc(-c2ccccc2)c(-c2ccccc2)s1)C1CCCCN1S(=O)(=O)c1ccc(Cl)s1. The first-order valence-corrected chi connectivity index (χ1v) is 14.6. The van der Waals surface area contributed by atoms with E-state index >= 15 is 0 Å². The van der Waals surface area contributed by atoms with Crippen LogP contribution in [0.3, 0.4) is 0 Å². The van der Waals surface area contributed by atoms with Crippen molar-refractivity contribution in [2.45, 2.75) is 29.5 Å². The fourth-order valence-electron chi connectivity index (χ4n) is 4.15. The van der Waals surface area contributed by atoms with E-state index in [1.165, 1.54) is 21.7 Å². The molecule has 1 atom stereocenters. The van der Waals surface area contributed by atoms with Crippen LogP contribution in [0.1, 0.15) is 19.3 Å². The number of anilines is 1. The van der Waals surface area contributed by atoms with Gasteiger partial charge in [0.25, 0.3) is 10.0 Å². The van der Waals surface area contributed by atoms with Gasteiger partial charge in [-0.2, -0.15) is 4.31 Å². The number of thiazole rings is 1. The molecule has 35 heavy (non-hydrogen) atoms. The molecule has 6 nitrogen and oxygen atoms in total. The van der Waals surface area contributed by atoms with E-state index in [2.05, 4.69) is 5.32 Å². The first kappa shape index (κ1) is 24.1. The number of nitrogens with one attached hydrogen (secondary N) is 1. The lowest BCUT2D eigenvalue weighted by Crippen LogP contribution is -2.49. The number of nitrogens with zero attached hydrogens (tertiary/aromatic N) is 2. The third-order valence-electron chi connectivity index (χ3n) is 5.81. The minimum Gasteiger partial charge on any atom is -0.301 e. The van der Waals surface area contributed by atoms with Crippen molar-refractivity contribution in [3.63, 3.8) is 0 Å². The molecule has 3 heterocycles. The number of carbonyl (C=O) groups excluding carboxylic acids is 1. The number of hydrogen-bond acceptors (Lipinski definition) is 6. The Balaban J connectivity index is 1.45. The Kier molecular flexibility index (Phi) is 7.04. The van der Waals surface area contributed by atoms with Gasteiger partial charge in [0.1, 0.15) is 10.3 Å². The number of carbonyl (C=O) groups is 1. The Bertz CT molecular complexity index is 1380. The molecule has 180 valence electrons. The zero-order valence-corrected chi connectivity index (χ0v) is 21.8. The molecule has 10 heteroatoms. The summed E-state index contributed by atoms with van der Waals surface area (Å²) < 4.78 is 28.4. The van der Waals surface area contributed by atoms with Gasteiger partial charge in [0.15, 0.2) is 5.13 Å². The van der Waals surface area contributed by atoms with Crippen LogP contribution >= 0.6 is 34.3 Å². The molecule has 1 fully saturated rings. The van der Waals surface area contributed by atoms with Gasteiger partial charge < -0.3 is 5.32 Å². The second-order valence-electron chi connectivity index (χ2n) is 8.10. The van der Waals surface area contributed by atoms with E-state index in [1.54, 1.807) is 6.07 Å². The molecule has 0 aliphatic carbocycles. The van der Waals surface area contributed by atoms with Crippen LogP contribution in [-0.4, -0.2) is 36.2 Å². The van der Waals surface area contributed by atoms with Gasteiger partial charge in [-0.1, -0.05) is 90.0 Å². The van der Waals surface area contributed by atoms with E-state index in [1.807, 2.05) is 60.7 Å². The standard InChI is InChI=1S/C25H22ClN3O3S3/c26-20-14-15-21(33-20)35(31,32)29-16-8-7-13-19(29)24(30)28-25-27-22(17-9-3-1-4-10-17)23(34-25)18-11-5-2-6-12-18/h1-6,9-12,14-15,19H,7-8,13,16H2,(H,27,28,30). The molecule has 1 amide bonds. The van der Waals surface area contributed by atoms with Crippen LogP contribution in [0.2, 0.25) is 4.34 Å². The summed E-state index contributed by atoms with van der Waals surface area (Å²) in [6.45, 7) is 0.290. The predicted molar refractivity (Wildman–Crippen MR) is 142 cm³/mol. The second kappa shape index (κ2) is 10.2. The van der Waals surface area contributed by atoms with Gasteiger partial charge in [-0.3, -0.25) is 4.79 Å². The van der Waals surface area contributed by atoms with Crippen LogP contribution in [-0.2, 0) is 14.8 Å². The lowest BCUT2D eigenvalue weighted by atomic mass is 10.0. The summed E-state index contributed by atoms with van der Waals surface area (Å²) in [4.78, 5) is 19.1. The largest absolute Gasteiger partial charge is 0.301 e. The van der Waals surface area contributed by atoms with Gasteiger partial charge in [0.2, 0.25) is 5.91 Å². The van der Waals surface area contributed by atoms with Crippen molar-refractivity contribution < 1.29 is 13.2 Å². The molecule has 5 rings (SSSR count). The minimum absolute atomic E-state index is 0.147. The summed E-state index contributed by atoms with van der Waals surface area (Å²) in [6.07, 6.45) is 1.93. The molecule has 1 N–H and O–H groups in total. The third-order valence-corrected chi connectivity index (χ3v) is 10.4. The van der Waals surface area contributed by atoms with Gasteiger partial charge in [-0.15, -0.1) is 11.3 Å². The quantitative estimate of drug-likeness (QED) is 0.306. The summed E-state index contributed by atoms with van der Waals surface area (Å²) >= 11 is 8.36. The minimum atomic E-state index is -3.83. The number of halogens is 1. The Morgan fingerprint density at radius 3 is 2.29 bits per heavy atom. The number of benzene rings is 2. The maximum atomic E-state index is 13.4. The lowest BCUT2D eigenvalue weighted by Gasteiger charge is -2.32. The summed E-state index contributed by atoms with van der Waals surface area (Å²) in [5.74, 6) is -0.371. The van der Waals surface area contributed by atoms with Crippen molar-refractivity contribution in [1.82, 2.24) is 9.29 Å². The molecule has 4 aromatic rings. The maximum Gasteiger partial charge on any atom is 0.253 e. The zero-order valence-electron chi connectivity index (χ0n) is 18.6. The zero-order chi connectivity index (χ0) is 24.4. The molecular formula is C25H22ClN3O3S3. The molecule has 1 aliphatic heterocycles. The monoisotopic (exact) mass is 543 g/mol. The molecule has 1 aliphatic rings. The molecule has 1 unspecified atom stereocenters. The Morgan fingerprint density at radius 2 is 1.63 bits per heavy atom. The van der Waals surface area contributed by atoms with E-state index in [-0.39, 0.29) is 10.1 Å². The van der Waals surface area contributed by atoms with E-state index in [4.69, 9.17) is 16.6 Å². The Morgan fingerprint density at radius 1 is 0.943 bits per heavy atom. The van der Waals surface area contributed by atoms with Crippen LogP contribution in [0.25, 0.3) is 21.7 Å². The first-order chi connectivity index (χ1) is 16.9. The van der Waals surface area contributed by atoms with Crippen LogP contribution in [0, 0.1) is 0 Å². The van der Waals surface area contributed by atoms with Gasteiger partial charge in [-0.25, -0.2) is 13.4 Å². The highest BCUT2D eigenvalue weighted by Gasteiger charge is 2.38. The van der Waals surface area contributed by atoms with Crippen LogP contribution in [0.4, 0.5) is 5.13 Å². The van der Waals surface area contributed by atoms with Crippen molar-refractivity contribution in [1.29, 1.82) is 0 Å². The average Bonchev–Trinajstić information content (AvgIpc) is 3.52. The number of sulfonamides is 1. The van der Waals surface area contributed by atoms with E-state index in [0.29, 0.717) is 28.9 Å². The molecule has 2 aromatic heterocycles. The molecule has 0 radical (unpaired) electrons. The molecule has 0 saturated carbocycles. The molecule has 0 bridgehead atoms. The summed E-state index contributed by atoms with van der Waals surface area (Å²) in [5.41, 5.74) is 2.72. The molecular weight excluding hydrogens is 522 g/mol. The van der Waals surface area contributed by atoms with E-state index < -0.39 is 16.1 Å². The number of piperidine rings is 1. The molecule has 0 spiro atoms. The van der Waals surface area contributed by atoms with Crippen LogP contribution < -0.4 is 5.32 Å². The van der Waals surface area contributed by atoms with E-state index in [0.717, 1.165) is 39.5 Å². The highest BCUT2D eigenvalue weighted by atomic mass is 35.5. The normalized spacial score (nSPS) is 16.8. The second-order valence-corrected chi connectivity index (χ2v) is 12.9. The topological polar surface area (TPSA) is 79.4 Å². The van der Waals surface area contributed by atoms with Crippen molar-refractivity contribution in [2.75, 3.05) is 11.9 Å². The van der Waals surface area contributed by atoms with Crippen molar-refractivity contribution in [3.05, 3.63) is 77.1 Å². The molecule has 2 aromatic carbocycles. The maximum absolute atomic E-state index is 13.4. The summed E-state index contributed by atoms with van der Waals surface area (Å²) in [7, 11) is -3.83. The van der Waals surface area contributed by atoms with E-state index in [9.17, 15) is 13.2 Å². The van der Waals surface area contributed by atoms with Gasteiger partial charge in [0.05, 0.1) is 14.9 Å². The van der Waals surface area contributed by atoms with Crippen LogP contribution in [0.15, 0.2) is 77.0 Å². The Hall–Kier alpha value is -2.56. The summed E-state index contributed by atoms with van der Waals surface area (Å²) in [5, 5.41) is 3.35. The number of thiophene rings is 1. The first-order valence-electron chi connectivity index (χ1n) is 11.1. The lowest BCUT2D eigenvalue weighted by molar-refractivity contribution is -0.120. The van der Waals surface area contributed by atoms with Gasteiger partial charge >= 0.3 is 0 Å². The predicted octanol–water partition coefficient (Wildman–Crippen LogP) is 6.37. The number of rotatable bonds is 6. The highest BCUT2D eigenvalue weighted by Crippen LogP contribution is 2.39. The fraction of sp³-hybridized carbons (Fsp3) is 0.200.